The van der Waals surface area contributed by atoms with Gasteiger partial charge in [0.25, 0.3) is 0 Å². The fourth-order valence-corrected chi connectivity index (χ4v) is 0.285. The molecule has 0 amide bonds. The smallest absolute Gasteiger partial charge is 0.0623 e. The van der Waals surface area contributed by atoms with Crippen LogP contribution in [0.1, 0.15) is 13.8 Å². The topological polar surface area (TPSA) is 0 Å². The van der Waals surface area contributed by atoms with Crippen molar-refractivity contribution in [1.82, 2.24) is 0 Å². The minimum atomic E-state index is 1.73. The zero-order valence-corrected chi connectivity index (χ0v) is 6.88. The first kappa shape index (κ1) is 11.7. The van der Waals surface area contributed by atoms with Crippen LogP contribution in [0.25, 0.3) is 0 Å². The predicted molar refractivity (Wildman–Crippen MR) is 50.0 cm³/mol. The Bertz CT molecular complexity index is 100. The van der Waals surface area contributed by atoms with Crippen molar-refractivity contribution in [3.05, 3.63) is 49.6 Å². The van der Waals surface area contributed by atoms with E-state index in [1.54, 1.807) is 12.2 Å². The third-order valence-electron chi connectivity index (χ3n) is 0.605. The summed E-state index contributed by atoms with van der Waals surface area (Å²) in [5.41, 5.74) is 0. The number of rotatable bonds is 3. The summed E-state index contributed by atoms with van der Waals surface area (Å²) in [4.78, 5) is 0. The van der Waals surface area contributed by atoms with Crippen molar-refractivity contribution < 1.29 is 0 Å². The highest BCUT2D eigenvalue weighted by molar-refractivity contribution is 5.12. The first-order chi connectivity index (χ1) is 4.91. The van der Waals surface area contributed by atoms with Gasteiger partial charge < -0.3 is 0 Å². The van der Waals surface area contributed by atoms with Gasteiger partial charge in [0.15, 0.2) is 0 Å². The van der Waals surface area contributed by atoms with Crippen LogP contribution in [-0.2, 0) is 0 Å². The van der Waals surface area contributed by atoms with Crippen LogP contribution in [0.2, 0.25) is 0 Å². The number of allylic oxidation sites excluding steroid dienone is 6. The second kappa shape index (κ2) is 15.7. The van der Waals surface area contributed by atoms with Crippen molar-refractivity contribution in [3.63, 3.8) is 0 Å². The Kier molecular flexibility index (Phi) is 18.4. The maximum Gasteiger partial charge on any atom is -0.0623 e. The normalized spacial score (nSPS) is 9.00. The summed E-state index contributed by atoms with van der Waals surface area (Å²) >= 11 is 0. The molecule has 0 rings (SSSR count). The van der Waals surface area contributed by atoms with Crippen LogP contribution in [0.15, 0.2) is 49.6 Å². The first-order valence-electron chi connectivity index (χ1n) is 3.48. The van der Waals surface area contributed by atoms with Crippen LogP contribution < -0.4 is 0 Å². The molecule has 0 atom stereocenters. The molecule has 0 fully saturated rings. The highest BCUT2D eigenvalue weighted by Crippen LogP contribution is 1.76. The van der Waals surface area contributed by atoms with E-state index in [9.17, 15) is 0 Å². The fraction of sp³-hybridized carbons (Fsp3) is 0.200. The van der Waals surface area contributed by atoms with Crippen molar-refractivity contribution >= 4 is 0 Å². The minimum Gasteiger partial charge on any atom is -0.0991 e. The molecule has 0 aliphatic carbocycles. The van der Waals surface area contributed by atoms with Crippen LogP contribution in [0, 0.1) is 0 Å². The molecule has 0 bridgehead atoms. The molecule has 0 aromatic heterocycles. The van der Waals surface area contributed by atoms with Gasteiger partial charge in [-0.25, -0.2) is 0 Å². The summed E-state index contributed by atoms with van der Waals surface area (Å²) < 4.78 is 0. The number of hydrogen-bond donors (Lipinski definition) is 0. The van der Waals surface area contributed by atoms with E-state index in [-0.39, 0.29) is 0 Å². The Labute approximate surface area is 64.3 Å². The Morgan fingerprint density at radius 1 is 0.700 bits per heavy atom. The quantitative estimate of drug-likeness (QED) is 0.521. The lowest BCUT2D eigenvalue weighted by Gasteiger charge is -1.67. The lowest BCUT2D eigenvalue weighted by atomic mass is 10.4. The molecule has 0 N–H and O–H groups in total. The van der Waals surface area contributed by atoms with E-state index in [1.807, 2.05) is 38.2 Å². The second-order valence-corrected chi connectivity index (χ2v) is 1.24. The molecule has 0 spiro atoms. The summed E-state index contributed by atoms with van der Waals surface area (Å²) in [5, 5.41) is 0. The molecule has 0 aromatic carbocycles. The molecular weight excluding hydrogens is 120 g/mol. The summed E-state index contributed by atoms with van der Waals surface area (Å²) in [6.45, 7) is 11.0. The third kappa shape index (κ3) is 15.8. The van der Waals surface area contributed by atoms with Gasteiger partial charge in [-0.3, -0.25) is 0 Å². The lowest BCUT2D eigenvalue weighted by molar-refractivity contribution is 1.50. The van der Waals surface area contributed by atoms with E-state index >= 15 is 0 Å². The van der Waals surface area contributed by atoms with E-state index in [4.69, 9.17) is 0 Å². The van der Waals surface area contributed by atoms with Crippen LogP contribution in [-0.4, -0.2) is 0 Å². The first-order valence-corrected chi connectivity index (χ1v) is 3.48. The Morgan fingerprint density at radius 2 is 1.00 bits per heavy atom. The predicted octanol–water partition coefficient (Wildman–Crippen LogP) is 3.50. The molecule has 0 radical (unpaired) electrons. The summed E-state index contributed by atoms with van der Waals surface area (Å²) in [6.07, 6.45) is 11.0. The van der Waals surface area contributed by atoms with E-state index in [0.717, 1.165) is 0 Å². The average molecular weight is 136 g/mol. The van der Waals surface area contributed by atoms with Gasteiger partial charge in [-0.15, -0.1) is 0 Å². The average Bonchev–Trinajstić information content (AvgIpc) is 2.02. The van der Waals surface area contributed by atoms with Crippen molar-refractivity contribution in [2.45, 2.75) is 13.8 Å². The highest BCUT2D eigenvalue weighted by Gasteiger charge is 1.54. The monoisotopic (exact) mass is 136 g/mol. The largest absolute Gasteiger partial charge is 0.0991 e. The third-order valence-corrected chi connectivity index (χ3v) is 0.605. The molecule has 0 saturated heterocycles. The van der Waals surface area contributed by atoms with Crippen molar-refractivity contribution in [2.75, 3.05) is 0 Å². The van der Waals surface area contributed by atoms with E-state index in [1.165, 1.54) is 0 Å². The SMILES string of the molecule is C=C/C=C\C=C/C=C.CC. The van der Waals surface area contributed by atoms with Crippen LogP contribution >= 0.6 is 0 Å². The van der Waals surface area contributed by atoms with Crippen molar-refractivity contribution in [3.8, 4) is 0 Å². The zero-order chi connectivity index (χ0) is 8.24. The molecule has 0 nitrogen and oxygen atoms in total. The van der Waals surface area contributed by atoms with Gasteiger partial charge >= 0.3 is 0 Å². The van der Waals surface area contributed by atoms with Crippen LogP contribution in [0.4, 0.5) is 0 Å². The van der Waals surface area contributed by atoms with Crippen LogP contribution in [0.5, 0.6) is 0 Å². The summed E-state index contributed by atoms with van der Waals surface area (Å²) in [6, 6.07) is 0. The van der Waals surface area contributed by atoms with E-state index < -0.39 is 0 Å². The molecule has 56 valence electrons. The summed E-state index contributed by atoms with van der Waals surface area (Å²) in [7, 11) is 0. The van der Waals surface area contributed by atoms with Crippen molar-refractivity contribution in [1.29, 1.82) is 0 Å². The standard InChI is InChI=1S/C8H10.C2H6/c1-3-5-7-8-6-4-2;1-2/h3-8H,1-2H2;1-2H3/b7-5-,8-6-;. The molecule has 0 heteroatoms. The lowest BCUT2D eigenvalue weighted by Crippen LogP contribution is -1.45. The van der Waals surface area contributed by atoms with Gasteiger partial charge in [0.2, 0.25) is 0 Å². The van der Waals surface area contributed by atoms with Crippen LogP contribution in [0.3, 0.4) is 0 Å². The molecular formula is C10H16. The molecule has 0 saturated carbocycles. The van der Waals surface area contributed by atoms with Crippen molar-refractivity contribution in [2.24, 2.45) is 0 Å². The maximum absolute atomic E-state index is 3.51. The zero-order valence-electron chi connectivity index (χ0n) is 6.88. The molecule has 0 heterocycles. The number of hydrogen-bond acceptors (Lipinski definition) is 0. The minimum absolute atomic E-state index is 1.73. The fourth-order valence-electron chi connectivity index (χ4n) is 0.285. The Morgan fingerprint density at radius 3 is 1.20 bits per heavy atom. The van der Waals surface area contributed by atoms with E-state index in [0.29, 0.717) is 0 Å². The van der Waals surface area contributed by atoms with Gasteiger partial charge in [-0.2, -0.15) is 0 Å². The molecule has 0 aliphatic heterocycles. The van der Waals surface area contributed by atoms with Gasteiger partial charge in [0.05, 0.1) is 0 Å². The van der Waals surface area contributed by atoms with Gasteiger partial charge in [0, 0.05) is 0 Å². The molecule has 0 aliphatic rings. The maximum atomic E-state index is 3.51. The van der Waals surface area contributed by atoms with Gasteiger partial charge in [-0.1, -0.05) is 63.5 Å². The van der Waals surface area contributed by atoms with Gasteiger partial charge in [0.1, 0.15) is 0 Å². The van der Waals surface area contributed by atoms with Gasteiger partial charge in [-0.05, 0) is 0 Å². The molecule has 0 aromatic rings. The highest BCUT2D eigenvalue weighted by atomic mass is 13.6. The van der Waals surface area contributed by atoms with E-state index in [2.05, 4.69) is 13.2 Å². The summed E-state index contributed by atoms with van der Waals surface area (Å²) in [5.74, 6) is 0. The molecule has 0 unspecified atom stereocenters. The molecule has 10 heavy (non-hydrogen) atoms. The Balaban J connectivity index is 0. The second-order valence-electron chi connectivity index (χ2n) is 1.24. The Hall–Kier alpha value is -1.04.